The molecule has 0 amide bonds. The average Bonchev–Trinajstić information content (AvgIpc) is 3.06. The fourth-order valence-corrected chi connectivity index (χ4v) is 4.97. The van der Waals surface area contributed by atoms with Crippen molar-refractivity contribution >= 4 is 0 Å². The van der Waals surface area contributed by atoms with Crippen LogP contribution in [0.4, 0.5) is 0 Å². The Kier molecular flexibility index (Phi) is 4.43. The molecule has 0 bridgehead atoms. The van der Waals surface area contributed by atoms with Crippen molar-refractivity contribution in [3.63, 3.8) is 0 Å². The molecule has 0 spiro atoms. The van der Waals surface area contributed by atoms with Crippen LogP contribution in [0.5, 0.6) is 5.75 Å². The summed E-state index contributed by atoms with van der Waals surface area (Å²) in [4.78, 5) is 0. The van der Waals surface area contributed by atoms with Crippen molar-refractivity contribution in [1.29, 1.82) is 0 Å². The predicted molar refractivity (Wildman–Crippen MR) is 94.8 cm³/mol. The van der Waals surface area contributed by atoms with Crippen molar-refractivity contribution in [3.8, 4) is 5.75 Å². The third kappa shape index (κ3) is 3.06. The van der Waals surface area contributed by atoms with Gasteiger partial charge in [-0.3, -0.25) is 0 Å². The molecule has 0 radical (unpaired) electrons. The first-order valence-electron chi connectivity index (χ1n) is 9.50. The van der Waals surface area contributed by atoms with Gasteiger partial charge >= 0.3 is 0 Å². The van der Waals surface area contributed by atoms with Crippen LogP contribution >= 0.6 is 0 Å². The van der Waals surface area contributed by atoms with Gasteiger partial charge in [0.15, 0.2) is 0 Å². The van der Waals surface area contributed by atoms with Gasteiger partial charge in [0.25, 0.3) is 0 Å². The number of hydrogen-bond acceptors (Lipinski definition) is 2. The van der Waals surface area contributed by atoms with Crippen LogP contribution in [0, 0.1) is 11.8 Å². The molecule has 1 aromatic rings. The van der Waals surface area contributed by atoms with Crippen LogP contribution in [-0.2, 0) is 6.42 Å². The van der Waals surface area contributed by atoms with Crippen molar-refractivity contribution in [2.24, 2.45) is 11.8 Å². The quantitative estimate of drug-likeness (QED) is 0.830. The number of allylic oxidation sites excluding steroid dienone is 2. The zero-order valence-electron chi connectivity index (χ0n) is 14.2. The Morgan fingerprint density at radius 2 is 2.04 bits per heavy atom. The highest BCUT2D eigenvalue weighted by molar-refractivity contribution is 5.37. The van der Waals surface area contributed by atoms with Gasteiger partial charge < -0.3 is 10.1 Å². The van der Waals surface area contributed by atoms with E-state index in [0.717, 1.165) is 24.0 Å². The molecule has 1 saturated heterocycles. The molecule has 124 valence electrons. The third-order valence-electron chi connectivity index (χ3n) is 6.23. The Labute approximate surface area is 140 Å². The average molecular weight is 311 g/mol. The van der Waals surface area contributed by atoms with E-state index in [9.17, 15) is 0 Å². The normalized spacial score (nSPS) is 36.5. The molecule has 4 rings (SSSR count). The SMILES string of the molecule is CCC1NC(C2Cc3ccccc3O2)CCC1C1CC=CCC1. The Balaban J connectivity index is 1.41. The number of piperidine rings is 1. The zero-order valence-corrected chi connectivity index (χ0v) is 14.2. The Morgan fingerprint density at radius 3 is 2.83 bits per heavy atom. The predicted octanol–water partition coefficient (Wildman–Crippen LogP) is 4.49. The minimum atomic E-state index is 0.327. The molecular formula is C21H29NO. The van der Waals surface area contributed by atoms with Gasteiger partial charge in [-0.25, -0.2) is 0 Å². The van der Waals surface area contributed by atoms with E-state index < -0.39 is 0 Å². The lowest BCUT2D eigenvalue weighted by Crippen LogP contribution is -2.54. The Bertz CT molecular complexity index is 542. The van der Waals surface area contributed by atoms with E-state index in [1.807, 2.05) is 0 Å². The molecular weight excluding hydrogens is 282 g/mol. The maximum Gasteiger partial charge on any atom is 0.123 e. The number of benzene rings is 1. The molecule has 1 aromatic carbocycles. The molecule has 5 atom stereocenters. The Morgan fingerprint density at radius 1 is 1.13 bits per heavy atom. The van der Waals surface area contributed by atoms with Crippen molar-refractivity contribution in [3.05, 3.63) is 42.0 Å². The summed E-state index contributed by atoms with van der Waals surface area (Å²) >= 11 is 0. The smallest absolute Gasteiger partial charge is 0.123 e. The second-order valence-electron chi connectivity index (χ2n) is 7.54. The largest absolute Gasteiger partial charge is 0.488 e. The van der Waals surface area contributed by atoms with E-state index in [-0.39, 0.29) is 0 Å². The second kappa shape index (κ2) is 6.68. The maximum absolute atomic E-state index is 6.25. The number of ether oxygens (including phenoxy) is 1. The summed E-state index contributed by atoms with van der Waals surface area (Å²) in [5.74, 6) is 2.84. The van der Waals surface area contributed by atoms with E-state index in [2.05, 4.69) is 48.7 Å². The fraction of sp³-hybridized carbons (Fsp3) is 0.619. The summed E-state index contributed by atoms with van der Waals surface area (Å²) in [7, 11) is 0. The molecule has 5 unspecified atom stereocenters. The summed E-state index contributed by atoms with van der Waals surface area (Å²) in [5, 5.41) is 3.98. The molecule has 1 aliphatic carbocycles. The van der Waals surface area contributed by atoms with E-state index in [1.165, 1.54) is 44.1 Å². The number of fused-ring (bicyclic) bond motifs is 1. The van der Waals surface area contributed by atoms with Gasteiger partial charge in [-0.2, -0.15) is 0 Å². The zero-order chi connectivity index (χ0) is 15.6. The number of para-hydroxylation sites is 1. The van der Waals surface area contributed by atoms with Crippen LogP contribution in [0.3, 0.4) is 0 Å². The highest BCUT2D eigenvalue weighted by atomic mass is 16.5. The molecule has 0 aromatic heterocycles. The van der Waals surface area contributed by atoms with Gasteiger partial charge in [0.1, 0.15) is 11.9 Å². The molecule has 1 N–H and O–H groups in total. The molecule has 23 heavy (non-hydrogen) atoms. The fourth-order valence-electron chi connectivity index (χ4n) is 4.97. The van der Waals surface area contributed by atoms with E-state index in [4.69, 9.17) is 4.74 Å². The highest BCUT2D eigenvalue weighted by Gasteiger charge is 2.39. The summed E-state index contributed by atoms with van der Waals surface area (Å²) in [6.45, 7) is 2.34. The van der Waals surface area contributed by atoms with Crippen LogP contribution in [0.2, 0.25) is 0 Å². The minimum Gasteiger partial charge on any atom is -0.488 e. The molecule has 1 fully saturated rings. The van der Waals surface area contributed by atoms with Crippen molar-refractivity contribution < 1.29 is 4.74 Å². The van der Waals surface area contributed by atoms with E-state index >= 15 is 0 Å². The lowest BCUT2D eigenvalue weighted by molar-refractivity contribution is 0.0917. The highest BCUT2D eigenvalue weighted by Crippen LogP contribution is 2.38. The van der Waals surface area contributed by atoms with Crippen LogP contribution in [-0.4, -0.2) is 18.2 Å². The summed E-state index contributed by atoms with van der Waals surface area (Å²) in [6.07, 6.45) is 14.0. The van der Waals surface area contributed by atoms with Gasteiger partial charge in [-0.1, -0.05) is 37.3 Å². The second-order valence-corrected chi connectivity index (χ2v) is 7.54. The van der Waals surface area contributed by atoms with Crippen molar-refractivity contribution in [2.75, 3.05) is 0 Å². The third-order valence-corrected chi connectivity index (χ3v) is 6.23. The lowest BCUT2D eigenvalue weighted by Gasteiger charge is -2.43. The Hall–Kier alpha value is -1.28. The van der Waals surface area contributed by atoms with E-state index in [0.29, 0.717) is 18.2 Å². The van der Waals surface area contributed by atoms with Gasteiger partial charge in [0.2, 0.25) is 0 Å². The summed E-state index contributed by atoms with van der Waals surface area (Å²) in [5.41, 5.74) is 1.38. The standard InChI is InChI=1S/C21H29NO/c1-2-18-17(15-8-4-3-5-9-15)12-13-19(22-18)21-14-16-10-6-7-11-20(16)23-21/h3-4,6-7,10-11,15,17-19,21-22H,2,5,8-9,12-14H2,1H3. The minimum absolute atomic E-state index is 0.327. The lowest BCUT2D eigenvalue weighted by atomic mass is 9.72. The number of rotatable bonds is 3. The molecule has 2 aliphatic heterocycles. The van der Waals surface area contributed by atoms with Gasteiger partial charge in [0.05, 0.1) is 0 Å². The maximum atomic E-state index is 6.25. The molecule has 2 heterocycles. The molecule has 0 saturated carbocycles. The topological polar surface area (TPSA) is 21.3 Å². The monoisotopic (exact) mass is 311 g/mol. The molecule has 2 heteroatoms. The van der Waals surface area contributed by atoms with Crippen LogP contribution < -0.4 is 10.1 Å². The van der Waals surface area contributed by atoms with Gasteiger partial charge in [-0.15, -0.1) is 0 Å². The molecule has 2 nitrogen and oxygen atoms in total. The summed E-state index contributed by atoms with van der Waals surface area (Å²) in [6, 6.07) is 9.72. The molecule has 3 aliphatic rings. The first-order chi connectivity index (χ1) is 11.3. The van der Waals surface area contributed by atoms with Crippen molar-refractivity contribution in [2.45, 2.75) is 70.1 Å². The first-order valence-corrected chi connectivity index (χ1v) is 9.50. The number of nitrogens with one attached hydrogen (secondary N) is 1. The van der Waals surface area contributed by atoms with Gasteiger partial charge in [0, 0.05) is 18.5 Å². The van der Waals surface area contributed by atoms with Gasteiger partial charge in [-0.05, 0) is 62.0 Å². The summed E-state index contributed by atoms with van der Waals surface area (Å²) < 4.78 is 6.25. The van der Waals surface area contributed by atoms with E-state index in [1.54, 1.807) is 0 Å². The van der Waals surface area contributed by atoms with Crippen molar-refractivity contribution in [1.82, 2.24) is 5.32 Å². The first kappa shape index (κ1) is 15.3. The van der Waals surface area contributed by atoms with Crippen LogP contribution in [0.1, 0.15) is 51.0 Å². The van der Waals surface area contributed by atoms with Crippen LogP contribution in [0.15, 0.2) is 36.4 Å². The number of hydrogen-bond donors (Lipinski definition) is 1. The van der Waals surface area contributed by atoms with Crippen LogP contribution in [0.25, 0.3) is 0 Å².